The summed E-state index contributed by atoms with van der Waals surface area (Å²) in [5, 5.41) is 3.50. The van der Waals surface area contributed by atoms with Gasteiger partial charge in [0, 0.05) is 18.6 Å². The van der Waals surface area contributed by atoms with Crippen LogP contribution in [0, 0.1) is 5.92 Å². The summed E-state index contributed by atoms with van der Waals surface area (Å²) in [5.74, 6) is 0.520. The molecule has 13 heavy (non-hydrogen) atoms. The maximum Gasteiger partial charge on any atom is 0.121 e. The van der Waals surface area contributed by atoms with Crippen molar-refractivity contribution in [3.05, 3.63) is 0 Å². The van der Waals surface area contributed by atoms with Crippen LogP contribution in [-0.4, -0.2) is 31.6 Å². The maximum atomic E-state index is 5.80. The average Bonchev–Trinajstić information content (AvgIpc) is 2.49. The van der Waals surface area contributed by atoms with E-state index in [0.717, 1.165) is 19.8 Å². The first-order valence-corrected chi connectivity index (χ1v) is 5.20. The van der Waals surface area contributed by atoms with Gasteiger partial charge in [0.1, 0.15) is 5.72 Å². The summed E-state index contributed by atoms with van der Waals surface area (Å²) in [5.41, 5.74) is -0.139. The summed E-state index contributed by atoms with van der Waals surface area (Å²) in [4.78, 5) is 0. The molecule has 0 amide bonds. The molecule has 2 fully saturated rings. The van der Waals surface area contributed by atoms with E-state index in [-0.39, 0.29) is 5.72 Å². The first-order valence-electron chi connectivity index (χ1n) is 5.20. The van der Waals surface area contributed by atoms with E-state index in [4.69, 9.17) is 9.47 Å². The molecular formula is C10H19NO2. The van der Waals surface area contributed by atoms with Crippen molar-refractivity contribution in [3.63, 3.8) is 0 Å². The third-order valence-electron chi connectivity index (χ3n) is 3.11. The van der Waals surface area contributed by atoms with Gasteiger partial charge in [-0.3, -0.25) is 5.32 Å². The Hall–Kier alpha value is -0.120. The van der Waals surface area contributed by atoms with Gasteiger partial charge in [0.05, 0.1) is 13.2 Å². The predicted molar refractivity (Wildman–Crippen MR) is 50.5 cm³/mol. The lowest BCUT2D eigenvalue weighted by Gasteiger charge is -2.36. The molecule has 3 unspecified atom stereocenters. The van der Waals surface area contributed by atoms with Gasteiger partial charge < -0.3 is 9.47 Å². The van der Waals surface area contributed by atoms with Gasteiger partial charge in [0.2, 0.25) is 0 Å². The molecule has 0 spiro atoms. The van der Waals surface area contributed by atoms with Crippen LogP contribution in [0.15, 0.2) is 0 Å². The molecule has 0 saturated carbocycles. The highest BCUT2D eigenvalue weighted by atomic mass is 16.5. The fourth-order valence-corrected chi connectivity index (χ4v) is 2.28. The van der Waals surface area contributed by atoms with Crippen molar-refractivity contribution < 1.29 is 9.47 Å². The van der Waals surface area contributed by atoms with Gasteiger partial charge in [0.15, 0.2) is 0 Å². The van der Waals surface area contributed by atoms with Gasteiger partial charge in [-0.05, 0) is 26.7 Å². The Balaban J connectivity index is 1.97. The minimum absolute atomic E-state index is 0.139. The zero-order valence-corrected chi connectivity index (χ0v) is 8.51. The van der Waals surface area contributed by atoms with Crippen molar-refractivity contribution in [2.24, 2.45) is 5.92 Å². The Morgan fingerprint density at radius 1 is 1.38 bits per heavy atom. The number of rotatable bonds is 1. The summed E-state index contributed by atoms with van der Waals surface area (Å²) >= 11 is 0. The van der Waals surface area contributed by atoms with Gasteiger partial charge >= 0.3 is 0 Å². The Morgan fingerprint density at radius 2 is 2.23 bits per heavy atom. The lowest BCUT2D eigenvalue weighted by atomic mass is 9.91. The Labute approximate surface area is 79.8 Å². The molecule has 76 valence electrons. The lowest BCUT2D eigenvalue weighted by molar-refractivity contribution is -0.0917. The van der Waals surface area contributed by atoms with Crippen LogP contribution >= 0.6 is 0 Å². The van der Waals surface area contributed by atoms with E-state index in [2.05, 4.69) is 19.2 Å². The van der Waals surface area contributed by atoms with Crippen molar-refractivity contribution in [1.82, 2.24) is 5.32 Å². The Morgan fingerprint density at radius 3 is 2.77 bits per heavy atom. The zero-order valence-electron chi connectivity index (χ0n) is 8.51. The zero-order chi connectivity index (χ0) is 9.31. The van der Waals surface area contributed by atoms with E-state index >= 15 is 0 Å². The van der Waals surface area contributed by atoms with Crippen LogP contribution in [0.1, 0.15) is 26.7 Å². The van der Waals surface area contributed by atoms with Crippen molar-refractivity contribution in [2.45, 2.75) is 38.5 Å². The van der Waals surface area contributed by atoms with Crippen molar-refractivity contribution >= 4 is 0 Å². The van der Waals surface area contributed by atoms with E-state index in [9.17, 15) is 0 Å². The standard InChI is InChI=1S/C10H19NO2/c1-8-6-13-10(2,11-8)9-4-3-5-12-7-9/h8-9,11H,3-7H2,1-2H3. The molecule has 2 heterocycles. The Kier molecular flexibility index (Phi) is 2.58. The minimum atomic E-state index is -0.139. The van der Waals surface area contributed by atoms with Crippen LogP contribution < -0.4 is 5.32 Å². The first kappa shape index (κ1) is 9.44. The Bertz CT molecular complexity index is 180. The smallest absolute Gasteiger partial charge is 0.121 e. The van der Waals surface area contributed by atoms with E-state index in [1.165, 1.54) is 12.8 Å². The predicted octanol–water partition coefficient (Wildman–Crippen LogP) is 1.14. The third kappa shape index (κ3) is 1.87. The number of hydrogen-bond donors (Lipinski definition) is 1. The SMILES string of the molecule is CC1COC(C)(C2CCCOC2)N1. The van der Waals surface area contributed by atoms with Gasteiger partial charge in [-0.15, -0.1) is 0 Å². The molecule has 3 heteroatoms. The summed E-state index contributed by atoms with van der Waals surface area (Å²) in [6, 6.07) is 0.479. The molecule has 2 aliphatic rings. The number of nitrogens with one attached hydrogen (secondary N) is 1. The summed E-state index contributed by atoms with van der Waals surface area (Å²) in [6.07, 6.45) is 2.38. The highest BCUT2D eigenvalue weighted by Crippen LogP contribution is 2.30. The molecule has 0 radical (unpaired) electrons. The molecule has 0 aromatic rings. The second kappa shape index (κ2) is 3.56. The number of hydrogen-bond acceptors (Lipinski definition) is 3. The minimum Gasteiger partial charge on any atom is -0.381 e. The third-order valence-corrected chi connectivity index (χ3v) is 3.11. The van der Waals surface area contributed by atoms with Crippen molar-refractivity contribution in [3.8, 4) is 0 Å². The highest BCUT2D eigenvalue weighted by molar-refractivity contribution is 4.89. The molecule has 2 aliphatic heterocycles. The van der Waals surface area contributed by atoms with Crippen LogP contribution in [0.2, 0.25) is 0 Å². The molecule has 0 bridgehead atoms. The topological polar surface area (TPSA) is 30.5 Å². The van der Waals surface area contributed by atoms with Gasteiger partial charge in [-0.2, -0.15) is 0 Å². The molecule has 3 nitrogen and oxygen atoms in total. The van der Waals surface area contributed by atoms with E-state index < -0.39 is 0 Å². The molecule has 2 saturated heterocycles. The summed E-state index contributed by atoms with van der Waals surface area (Å²) < 4.78 is 11.3. The second-order valence-corrected chi connectivity index (χ2v) is 4.38. The first-order chi connectivity index (χ1) is 6.21. The fraction of sp³-hybridized carbons (Fsp3) is 1.00. The van der Waals surface area contributed by atoms with Gasteiger partial charge in [-0.1, -0.05) is 0 Å². The lowest BCUT2D eigenvalue weighted by Crippen LogP contribution is -2.49. The van der Waals surface area contributed by atoms with E-state index in [0.29, 0.717) is 12.0 Å². The monoisotopic (exact) mass is 185 g/mol. The molecule has 2 rings (SSSR count). The summed E-state index contributed by atoms with van der Waals surface area (Å²) in [6.45, 7) is 6.90. The molecular weight excluding hydrogens is 166 g/mol. The highest BCUT2D eigenvalue weighted by Gasteiger charge is 2.41. The van der Waals surface area contributed by atoms with Crippen molar-refractivity contribution in [2.75, 3.05) is 19.8 Å². The quantitative estimate of drug-likeness (QED) is 0.664. The van der Waals surface area contributed by atoms with Crippen LogP contribution in [-0.2, 0) is 9.47 Å². The average molecular weight is 185 g/mol. The second-order valence-electron chi connectivity index (χ2n) is 4.38. The summed E-state index contributed by atoms with van der Waals surface area (Å²) in [7, 11) is 0. The molecule has 0 aromatic heterocycles. The maximum absolute atomic E-state index is 5.80. The van der Waals surface area contributed by atoms with Crippen LogP contribution in [0.3, 0.4) is 0 Å². The van der Waals surface area contributed by atoms with Gasteiger partial charge in [0.25, 0.3) is 0 Å². The molecule has 1 N–H and O–H groups in total. The molecule has 0 aromatic carbocycles. The van der Waals surface area contributed by atoms with Crippen LogP contribution in [0.25, 0.3) is 0 Å². The van der Waals surface area contributed by atoms with E-state index in [1.807, 2.05) is 0 Å². The normalized spacial score (nSPS) is 46.6. The van der Waals surface area contributed by atoms with Crippen LogP contribution in [0.4, 0.5) is 0 Å². The van der Waals surface area contributed by atoms with E-state index in [1.54, 1.807) is 0 Å². The molecule has 0 aliphatic carbocycles. The van der Waals surface area contributed by atoms with Crippen molar-refractivity contribution in [1.29, 1.82) is 0 Å². The molecule has 3 atom stereocenters. The largest absolute Gasteiger partial charge is 0.381 e. The fourth-order valence-electron chi connectivity index (χ4n) is 2.28. The van der Waals surface area contributed by atoms with Gasteiger partial charge in [-0.25, -0.2) is 0 Å². The van der Waals surface area contributed by atoms with Crippen LogP contribution in [0.5, 0.6) is 0 Å². The number of ether oxygens (including phenoxy) is 2.